The summed E-state index contributed by atoms with van der Waals surface area (Å²) in [5.74, 6) is 0. The van der Waals surface area contributed by atoms with E-state index in [1.165, 1.54) is 12.8 Å². The van der Waals surface area contributed by atoms with Crippen LogP contribution in [0, 0.1) is 10.2 Å². The van der Waals surface area contributed by atoms with Crippen LogP contribution in [0.15, 0.2) is 0 Å². The molecular weight excluding hydrogens is 160 g/mol. The highest BCUT2D eigenvalue weighted by Gasteiger charge is 2.37. The number of hydrogen-bond donors (Lipinski definition) is 1. The molecule has 4 nitrogen and oxygen atoms in total. The summed E-state index contributed by atoms with van der Waals surface area (Å²) in [5.41, 5.74) is 0.451. The molecule has 0 spiro atoms. The minimum absolute atomic E-state index is 0.451. The van der Waals surface area contributed by atoms with Gasteiger partial charge in [-0.1, -0.05) is 17.2 Å². The summed E-state index contributed by atoms with van der Waals surface area (Å²) >= 11 is 4.94. The van der Waals surface area contributed by atoms with Crippen molar-refractivity contribution >= 4 is 12.2 Å². The maximum absolute atomic E-state index is 4.94. The summed E-state index contributed by atoms with van der Waals surface area (Å²) in [6.07, 6.45) is 2.57. The molecule has 0 radical (unpaired) electrons. The predicted molar refractivity (Wildman–Crippen MR) is 42.5 cm³/mol. The first-order valence-electron chi connectivity index (χ1n) is 3.68. The lowest BCUT2D eigenvalue weighted by molar-refractivity contribution is 0.421. The Morgan fingerprint density at radius 2 is 2.45 bits per heavy atom. The van der Waals surface area contributed by atoms with Crippen LogP contribution in [0.1, 0.15) is 19.8 Å². The largest absolute Gasteiger partial charge is 0.242 e. The molecule has 1 aromatic heterocycles. The van der Waals surface area contributed by atoms with Crippen LogP contribution in [-0.2, 0) is 6.54 Å². The van der Waals surface area contributed by atoms with Crippen LogP contribution in [0.4, 0.5) is 0 Å². The van der Waals surface area contributed by atoms with Gasteiger partial charge in [-0.25, -0.2) is 4.68 Å². The first kappa shape index (κ1) is 6.97. The van der Waals surface area contributed by atoms with Crippen molar-refractivity contribution in [1.29, 1.82) is 0 Å². The summed E-state index contributed by atoms with van der Waals surface area (Å²) in [4.78, 5) is 0. The van der Waals surface area contributed by atoms with E-state index in [0.29, 0.717) is 10.2 Å². The molecule has 0 bridgehead atoms. The van der Waals surface area contributed by atoms with Crippen LogP contribution in [0.5, 0.6) is 0 Å². The maximum atomic E-state index is 4.94. The van der Waals surface area contributed by atoms with Gasteiger partial charge < -0.3 is 0 Å². The summed E-state index contributed by atoms with van der Waals surface area (Å²) in [6, 6.07) is 0. The minimum atomic E-state index is 0.451. The Hall–Kier alpha value is -0.710. The molecular formula is C6H10N4S. The lowest BCUT2D eigenvalue weighted by Gasteiger charge is -2.05. The molecule has 0 amide bonds. The SMILES string of the molecule is CC1(Cn2[nH]nnc2=S)CC1. The van der Waals surface area contributed by atoms with Gasteiger partial charge in [-0.15, -0.1) is 0 Å². The fourth-order valence-electron chi connectivity index (χ4n) is 1.07. The van der Waals surface area contributed by atoms with E-state index in [0.717, 1.165) is 6.54 Å². The van der Waals surface area contributed by atoms with Crippen LogP contribution in [0.25, 0.3) is 0 Å². The molecule has 0 saturated heterocycles. The van der Waals surface area contributed by atoms with E-state index in [1.54, 1.807) is 0 Å². The number of aromatic nitrogens is 4. The quantitative estimate of drug-likeness (QED) is 0.677. The van der Waals surface area contributed by atoms with Crippen molar-refractivity contribution in [2.75, 3.05) is 0 Å². The molecule has 2 rings (SSSR count). The molecule has 1 aliphatic carbocycles. The number of hydrogen-bond acceptors (Lipinski definition) is 3. The van der Waals surface area contributed by atoms with E-state index in [4.69, 9.17) is 12.2 Å². The van der Waals surface area contributed by atoms with Crippen LogP contribution < -0.4 is 0 Å². The highest BCUT2D eigenvalue weighted by molar-refractivity contribution is 7.71. The Labute approximate surface area is 69.6 Å². The van der Waals surface area contributed by atoms with Crippen molar-refractivity contribution in [2.45, 2.75) is 26.3 Å². The number of tetrazole rings is 1. The Morgan fingerprint density at radius 1 is 1.73 bits per heavy atom. The molecule has 1 aliphatic rings. The number of H-pyrrole nitrogens is 1. The van der Waals surface area contributed by atoms with Gasteiger partial charge in [0.2, 0.25) is 4.77 Å². The second kappa shape index (κ2) is 2.14. The molecule has 60 valence electrons. The van der Waals surface area contributed by atoms with E-state index in [1.807, 2.05) is 4.68 Å². The molecule has 1 saturated carbocycles. The second-order valence-corrected chi connectivity index (χ2v) is 3.84. The smallest absolute Gasteiger partial charge is 0.238 e. The zero-order chi connectivity index (χ0) is 7.90. The maximum Gasteiger partial charge on any atom is 0.238 e. The van der Waals surface area contributed by atoms with Crippen molar-refractivity contribution in [3.8, 4) is 0 Å². The van der Waals surface area contributed by atoms with E-state index in [2.05, 4.69) is 22.4 Å². The Bertz CT molecular complexity index is 308. The van der Waals surface area contributed by atoms with Crippen LogP contribution >= 0.6 is 12.2 Å². The molecule has 1 N–H and O–H groups in total. The molecule has 0 unspecified atom stereocenters. The molecule has 0 atom stereocenters. The van der Waals surface area contributed by atoms with Gasteiger partial charge in [0.25, 0.3) is 0 Å². The molecule has 0 aliphatic heterocycles. The van der Waals surface area contributed by atoms with Gasteiger partial charge in [0, 0.05) is 6.54 Å². The highest BCUT2D eigenvalue weighted by atomic mass is 32.1. The van der Waals surface area contributed by atoms with Gasteiger partial charge in [-0.2, -0.15) is 5.21 Å². The van der Waals surface area contributed by atoms with E-state index < -0.39 is 0 Å². The number of aromatic amines is 1. The summed E-state index contributed by atoms with van der Waals surface area (Å²) < 4.78 is 2.38. The summed E-state index contributed by atoms with van der Waals surface area (Å²) in [7, 11) is 0. The van der Waals surface area contributed by atoms with Gasteiger partial charge in [-0.3, -0.25) is 0 Å². The van der Waals surface area contributed by atoms with Crippen LogP contribution in [0.3, 0.4) is 0 Å². The van der Waals surface area contributed by atoms with E-state index in [9.17, 15) is 0 Å². The normalized spacial score (nSPS) is 20.1. The van der Waals surface area contributed by atoms with Crippen LogP contribution in [-0.4, -0.2) is 20.2 Å². The molecule has 1 fully saturated rings. The Morgan fingerprint density at radius 3 is 2.91 bits per heavy atom. The van der Waals surface area contributed by atoms with Gasteiger partial charge in [-0.05, 0) is 30.5 Å². The zero-order valence-corrected chi connectivity index (χ0v) is 7.19. The van der Waals surface area contributed by atoms with Crippen molar-refractivity contribution in [2.24, 2.45) is 5.41 Å². The third kappa shape index (κ3) is 1.33. The van der Waals surface area contributed by atoms with E-state index in [-0.39, 0.29) is 0 Å². The van der Waals surface area contributed by atoms with Gasteiger partial charge >= 0.3 is 0 Å². The Balaban J connectivity index is 2.18. The monoisotopic (exact) mass is 170 g/mol. The summed E-state index contributed by atoms with van der Waals surface area (Å²) in [5, 5.41) is 10.1. The zero-order valence-electron chi connectivity index (χ0n) is 6.37. The Kier molecular flexibility index (Phi) is 1.35. The van der Waals surface area contributed by atoms with Crippen molar-refractivity contribution in [1.82, 2.24) is 20.2 Å². The first-order chi connectivity index (χ1) is 5.20. The average molecular weight is 170 g/mol. The molecule has 11 heavy (non-hydrogen) atoms. The minimum Gasteiger partial charge on any atom is -0.242 e. The molecule has 1 aromatic rings. The van der Waals surface area contributed by atoms with Crippen molar-refractivity contribution in [3.63, 3.8) is 0 Å². The third-order valence-electron chi connectivity index (χ3n) is 2.18. The fraction of sp³-hybridized carbons (Fsp3) is 0.833. The summed E-state index contributed by atoms with van der Waals surface area (Å²) in [6.45, 7) is 3.18. The lowest BCUT2D eigenvalue weighted by atomic mass is 10.1. The van der Waals surface area contributed by atoms with Crippen LogP contribution in [0.2, 0.25) is 0 Å². The van der Waals surface area contributed by atoms with Gasteiger partial charge in [0.15, 0.2) is 0 Å². The standard InChI is InChI=1S/C6H10N4S/c1-6(2-3-6)4-10-5(11)7-8-9-10/h2-4H2,1H3,(H,7,9,11). The molecule has 5 heteroatoms. The molecule has 1 heterocycles. The number of nitrogens with one attached hydrogen (secondary N) is 1. The number of nitrogens with zero attached hydrogens (tertiary/aromatic N) is 3. The molecule has 0 aromatic carbocycles. The second-order valence-electron chi connectivity index (χ2n) is 3.48. The lowest BCUT2D eigenvalue weighted by Crippen LogP contribution is -2.09. The number of rotatable bonds is 2. The third-order valence-corrected chi connectivity index (χ3v) is 2.48. The highest BCUT2D eigenvalue weighted by Crippen LogP contribution is 2.46. The van der Waals surface area contributed by atoms with Crippen molar-refractivity contribution in [3.05, 3.63) is 4.77 Å². The predicted octanol–water partition coefficient (Wildman–Crippen LogP) is 1.14. The van der Waals surface area contributed by atoms with Gasteiger partial charge in [0.05, 0.1) is 0 Å². The first-order valence-corrected chi connectivity index (χ1v) is 4.08. The van der Waals surface area contributed by atoms with Crippen molar-refractivity contribution < 1.29 is 0 Å². The van der Waals surface area contributed by atoms with E-state index >= 15 is 0 Å². The van der Waals surface area contributed by atoms with Gasteiger partial charge in [0.1, 0.15) is 0 Å². The topological polar surface area (TPSA) is 46.5 Å². The fourth-order valence-corrected chi connectivity index (χ4v) is 1.22. The average Bonchev–Trinajstić information content (AvgIpc) is 2.54.